The van der Waals surface area contributed by atoms with E-state index in [9.17, 15) is 9.18 Å². The maximum atomic E-state index is 13.8. The molecule has 1 unspecified atom stereocenters. The first-order valence-electron chi connectivity index (χ1n) is 7.75. The summed E-state index contributed by atoms with van der Waals surface area (Å²) in [6.45, 7) is 1.09. The van der Waals surface area contributed by atoms with E-state index in [0.29, 0.717) is 24.6 Å². The van der Waals surface area contributed by atoms with E-state index in [1.165, 1.54) is 12.3 Å². The Labute approximate surface area is 140 Å². The molecule has 6 heteroatoms. The highest BCUT2D eigenvalue weighted by molar-refractivity contribution is 5.94. The Hall–Kier alpha value is -2.63. The third-order valence-corrected chi connectivity index (χ3v) is 4.35. The first-order valence-corrected chi connectivity index (χ1v) is 7.75. The Bertz CT molecular complexity index is 751. The van der Waals surface area contributed by atoms with Gasteiger partial charge in [0, 0.05) is 30.8 Å². The molecule has 1 saturated heterocycles. The van der Waals surface area contributed by atoms with Gasteiger partial charge in [0.25, 0.3) is 5.91 Å². The van der Waals surface area contributed by atoms with Gasteiger partial charge in [-0.2, -0.15) is 0 Å². The molecule has 126 valence electrons. The number of benzene rings is 1. The minimum atomic E-state index is -0.593. The van der Waals surface area contributed by atoms with Gasteiger partial charge >= 0.3 is 0 Å². The zero-order valence-electron chi connectivity index (χ0n) is 13.7. The molecule has 0 saturated carbocycles. The molecule has 3 rings (SSSR count). The molecule has 1 fully saturated rings. The number of nitrogens with zero attached hydrogens (tertiary/aromatic N) is 2. The van der Waals surface area contributed by atoms with Crippen molar-refractivity contribution in [2.45, 2.75) is 12.3 Å². The van der Waals surface area contributed by atoms with Gasteiger partial charge in [0.1, 0.15) is 0 Å². The van der Waals surface area contributed by atoms with Crippen molar-refractivity contribution in [3.8, 4) is 11.5 Å². The molecule has 1 aromatic carbocycles. The molecular weight excluding hydrogens is 311 g/mol. The van der Waals surface area contributed by atoms with E-state index in [-0.39, 0.29) is 17.4 Å². The van der Waals surface area contributed by atoms with Crippen molar-refractivity contribution < 1.29 is 18.7 Å². The fourth-order valence-electron chi connectivity index (χ4n) is 3.15. The van der Waals surface area contributed by atoms with Crippen LogP contribution in [-0.4, -0.2) is 43.1 Å². The average Bonchev–Trinajstić information content (AvgIpc) is 3.10. The van der Waals surface area contributed by atoms with Gasteiger partial charge in [-0.3, -0.25) is 9.78 Å². The fourth-order valence-corrected chi connectivity index (χ4v) is 3.15. The minimum Gasteiger partial charge on any atom is -0.493 e. The molecule has 0 radical (unpaired) electrons. The summed E-state index contributed by atoms with van der Waals surface area (Å²) in [5.74, 6) is 0.586. The van der Waals surface area contributed by atoms with Crippen LogP contribution < -0.4 is 9.47 Å². The summed E-state index contributed by atoms with van der Waals surface area (Å²) in [5.41, 5.74) is 1.06. The third-order valence-electron chi connectivity index (χ3n) is 4.35. The van der Waals surface area contributed by atoms with Crippen LogP contribution in [0.25, 0.3) is 0 Å². The largest absolute Gasteiger partial charge is 0.493 e. The Balaban J connectivity index is 1.81. The molecule has 1 aromatic heterocycles. The smallest absolute Gasteiger partial charge is 0.256 e. The quantitative estimate of drug-likeness (QED) is 0.865. The number of hydrogen-bond donors (Lipinski definition) is 0. The summed E-state index contributed by atoms with van der Waals surface area (Å²) in [6, 6.07) is 7.14. The van der Waals surface area contributed by atoms with Crippen molar-refractivity contribution in [2.24, 2.45) is 0 Å². The number of carbonyl (C=O) groups is 1. The third kappa shape index (κ3) is 2.91. The van der Waals surface area contributed by atoms with Gasteiger partial charge in [0.2, 0.25) is 0 Å². The predicted molar refractivity (Wildman–Crippen MR) is 87.0 cm³/mol. The number of likely N-dealkylation sites (tertiary alicyclic amines) is 1. The zero-order valence-corrected chi connectivity index (χ0v) is 13.7. The van der Waals surface area contributed by atoms with Crippen molar-refractivity contribution >= 4 is 5.91 Å². The number of aromatic nitrogens is 1. The van der Waals surface area contributed by atoms with Crippen LogP contribution in [0.5, 0.6) is 11.5 Å². The van der Waals surface area contributed by atoms with Crippen LogP contribution in [0, 0.1) is 5.82 Å². The molecule has 0 aliphatic carbocycles. The van der Waals surface area contributed by atoms with Crippen LogP contribution in [0.3, 0.4) is 0 Å². The van der Waals surface area contributed by atoms with Crippen molar-refractivity contribution in [2.75, 3.05) is 27.3 Å². The molecule has 0 N–H and O–H groups in total. The molecule has 0 spiro atoms. The summed E-state index contributed by atoms with van der Waals surface area (Å²) >= 11 is 0. The molecule has 2 heterocycles. The van der Waals surface area contributed by atoms with E-state index in [4.69, 9.17) is 9.47 Å². The Morgan fingerprint density at radius 3 is 2.83 bits per heavy atom. The van der Waals surface area contributed by atoms with Crippen molar-refractivity contribution in [1.29, 1.82) is 0 Å². The normalized spacial score (nSPS) is 17.0. The summed E-state index contributed by atoms with van der Waals surface area (Å²) in [6.07, 6.45) is 3.28. The number of ether oxygens (including phenoxy) is 2. The summed E-state index contributed by atoms with van der Waals surface area (Å²) in [4.78, 5) is 17.9. The lowest BCUT2D eigenvalue weighted by Crippen LogP contribution is -2.29. The highest BCUT2D eigenvalue weighted by Crippen LogP contribution is 2.39. The zero-order chi connectivity index (χ0) is 17.1. The summed E-state index contributed by atoms with van der Waals surface area (Å²) in [5, 5.41) is 0. The topological polar surface area (TPSA) is 51.7 Å². The van der Waals surface area contributed by atoms with Gasteiger partial charge in [-0.15, -0.1) is 0 Å². The second kappa shape index (κ2) is 6.86. The maximum Gasteiger partial charge on any atom is 0.256 e. The number of amides is 1. The number of pyridine rings is 1. The van der Waals surface area contributed by atoms with Crippen molar-refractivity contribution in [3.05, 3.63) is 53.6 Å². The second-order valence-corrected chi connectivity index (χ2v) is 5.68. The first-order chi connectivity index (χ1) is 11.7. The monoisotopic (exact) mass is 330 g/mol. The standard InChI is InChI=1S/C18H19FN2O3/c1-23-16-5-3-4-13(17(16)24-2)12-7-9-21(11-12)18(22)14-6-8-20-10-15(14)19/h3-6,8,10,12H,7,9,11H2,1-2H3. The summed E-state index contributed by atoms with van der Waals surface area (Å²) in [7, 11) is 3.20. The minimum absolute atomic E-state index is 0.0586. The molecule has 2 aromatic rings. The maximum absolute atomic E-state index is 13.8. The van der Waals surface area contributed by atoms with Gasteiger partial charge in [0.15, 0.2) is 17.3 Å². The lowest BCUT2D eigenvalue weighted by molar-refractivity contribution is 0.0786. The Morgan fingerprint density at radius 1 is 1.29 bits per heavy atom. The first kappa shape index (κ1) is 16.2. The van der Waals surface area contributed by atoms with Crippen LogP contribution in [0.1, 0.15) is 28.3 Å². The SMILES string of the molecule is COc1cccc(C2CCN(C(=O)c3ccncc3F)C2)c1OC. The molecular formula is C18H19FN2O3. The molecule has 24 heavy (non-hydrogen) atoms. The number of rotatable bonds is 4. The van der Waals surface area contributed by atoms with Crippen LogP contribution in [0.4, 0.5) is 4.39 Å². The second-order valence-electron chi connectivity index (χ2n) is 5.68. The predicted octanol–water partition coefficient (Wildman–Crippen LogP) is 2.87. The molecule has 1 aliphatic heterocycles. The van der Waals surface area contributed by atoms with Crippen molar-refractivity contribution in [1.82, 2.24) is 9.88 Å². The van der Waals surface area contributed by atoms with Gasteiger partial charge < -0.3 is 14.4 Å². The van der Waals surface area contributed by atoms with Gasteiger partial charge in [-0.1, -0.05) is 12.1 Å². The van der Waals surface area contributed by atoms with E-state index in [1.54, 1.807) is 19.1 Å². The van der Waals surface area contributed by atoms with Gasteiger partial charge in [-0.05, 0) is 18.6 Å². The van der Waals surface area contributed by atoms with E-state index in [1.807, 2.05) is 18.2 Å². The van der Waals surface area contributed by atoms with Gasteiger partial charge in [-0.25, -0.2) is 4.39 Å². The van der Waals surface area contributed by atoms with Crippen LogP contribution in [0.2, 0.25) is 0 Å². The number of carbonyl (C=O) groups excluding carboxylic acids is 1. The van der Waals surface area contributed by atoms with E-state index < -0.39 is 5.82 Å². The Morgan fingerprint density at radius 2 is 2.12 bits per heavy atom. The van der Waals surface area contributed by atoms with Crippen LogP contribution >= 0.6 is 0 Å². The van der Waals surface area contributed by atoms with E-state index in [0.717, 1.165) is 18.2 Å². The molecule has 5 nitrogen and oxygen atoms in total. The van der Waals surface area contributed by atoms with Crippen LogP contribution in [-0.2, 0) is 0 Å². The molecule has 0 bridgehead atoms. The highest BCUT2D eigenvalue weighted by Gasteiger charge is 2.31. The highest BCUT2D eigenvalue weighted by atomic mass is 19.1. The Kier molecular flexibility index (Phi) is 4.64. The van der Waals surface area contributed by atoms with E-state index >= 15 is 0 Å². The molecule has 1 amide bonds. The van der Waals surface area contributed by atoms with E-state index in [2.05, 4.69) is 4.98 Å². The summed E-state index contributed by atoms with van der Waals surface area (Å²) < 4.78 is 24.6. The fraction of sp³-hybridized carbons (Fsp3) is 0.333. The average molecular weight is 330 g/mol. The number of halogens is 1. The van der Waals surface area contributed by atoms with Crippen LogP contribution in [0.15, 0.2) is 36.7 Å². The lowest BCUT2D eigenvalue weighted by atomic mass is 9.97. The number of methoxy groups -OCH3 is 2. The molecule has 1 atom stereocenters. The van der Waals surface area contributed by atoms with Crippen molar-refractivity contribution in [3.63, 3.8) is 0 Å². The molecule has 1 aliphatic rings. The lowest BCUT2D eigenvalue weighted by Gasteiger charge is -2.19. The number of para-hydroxylation sites is 1. The number of hydrogen-bond acceptors (Lipinski definition) is 4. The van der Waals surface area contributed by atoms with Gasteiger partial charge in [0.05, 0.1) is 26.0 Å².